The van der Waals surface area contributed by atoms with Gasteiger partial charge in [0.15, 0.2) is 11.4 Å². The molecule has 12 heteroatoms. The van der Waals surface area contributed by atoms with Crippen molar-refractivity contribution < 1.29 is 32.2 Å². The summed E-state index contributed by atoms with van der Waals surface area (Å²) >= 11 is 0. The number of hydrogen-bond donors (Lipinski definition) is 3. The van der Waals surface area contributed by atoms with Crippen LogP contribution in [-0.4, -0.2) is 60.0 Å². The number of carboxylic acid groups (broad SMARTS) is 1. The quantitative estimate of drug-likeness (QED) is 0.537. The van der Waals surface area contributed by atoms with E-state index in [9.17, 15) is 13.2 Å². The lowest BCUT2D eigenvalue weighted by molar-refractivity contribution is -0.192. The van der Waals surface area contributed by atoms with Crippen LogP contribution in [0.25, 0.3) is 22.1 Å². The van der Waals surface area contributed by atoms with Gasteiger partial charge in [-0.2, -0.15) is 18.2 Å². The number of nitrogens with two attached hydrogens (primary N) is 1. The van der Waals surface area contributed by atoms with Crippen LogP contribution in [0, 0.1) is 5.92 Å². The highest BCUT2D eigenvalue weighted by Crippen LogP contribution is 2.37. The van der Waals surface area contributed by atoms with Gasteiger partial charge in [-0.3, -0.25) is 0 Å². The van der Waals surface area contributed by atoms with Crippen molar-refractivity contribution in [3.05, 3.63) is 18.2 Å². The van der Waals surface area contributed by atoms with Crippen molar-refractivity contribution >= 4 is 39.8 Å². The number of halogens is 3. The maximum Gasteiger partial charge on any atom is 0.490 e. The number of ether oxygens (including phenoxy) is 1. The average Bonchev–Trinajstić information content (AvgIpc) is 3.34. The van der Waals surface area contributed by atoms with Crippen LogP contribution in [0.2, 0.25) is 0 Å². The third-order valence-electron chi connectivity index (χ3n) is 5.66. The summed E-state index contributed by atoms with van der Waals surface area (Å²) in [6.07, 6.45) is -2.59. The molecule has 5 rings (SSSR count). The predicted octanol–water partition coefficient (Wildman–Crippen LogP) is 2.79. The van der Waals surface area contributed by atoms with Gasteiger partial charge < -0.3 is 30.2 Å². The van der Waals surface area contributed by atoms with Crippen molar-refractivity contribution in [2.75, 3.05) is 37.4 Å². The smallest absolute Gasteiger partial charge is 0.490 e. The van der Waals surface area contributed by atoms with Crippen LogP contribution in [0.3, 0.4) is 0 Å². The van der Waals surface area contributed by atoms with Crippen molar-refractivity contribution in [3.63, 3.8) is 0 Å². The van der Waals surface area contributed by atoms with Gasteiger partial charge in [0.2, 0.25) is 5.95 Å². The van der Waals surface area contributed by atoms with Crippen molar-refractivity contribution in [2.24, 2.45) is 5.92 Å². The van der Waals surface area contributed by atoms with Crippen molar-refractivity contribution in [1.82, 2.24) is 15.3 Å². The van der Waals surface area contributed by atoms with E-state index in [0.29, 0.717) is 17.5 Å². The molecule has 2 saturated heterocycles. The molecular formula is C20H22F3N5O4. The molecule has 0 unspecified atom stereocenters. The number of aliphatic carboxylic acids is 1. The zero-order chi connectivity index (χ0) is 23.0. The second-order valence-electron chi connectivity index (χ2n) is 7.72. The summed E-state index contributed by atoms with van der Waals surface area (Å²) in [4.78, 5) is 20.1. The summed E-state index contributed by atoms with van der Waals surface area (Å²) in [6.45, 7) is 3.00. The molecule has 3 aromatic rings. The number of carbonyl (C=O) groups is 1. The Balaban J connectivity index is 0.000000307. The van der Waals surface area contributed by atoms with Crippen LogP contribution in [0.4, 0.5) is 24.9 Å². The van der Waals surface area contributed by atoms with Gasteiger partial charge in [0.25, 0.3) is 0 Å². The minimum absolute atomic E-state index is 0.274. The summed E-state index contributed by atoms with van der Waals surface area (Å²) < 4.78 is 43.2. The molecule has 0 aliphatic carbocycles. The molecule has 32 heavy (non-hydrogen) atoms. The second kappa shape index (κ2) is 8.34. The number of fused-ring (bicyclic) bond motifs is 4. The van der Waals surface area contributed by atoms with E-state index in [1.165, 1.54) is 12.8 Å². The number of anilines is 2. The van der Waals surface area contributed by atoms with E-state index in [4.69, 9.17) is 24.8 Å². The fourth-order valence-electron chi connectivity index (χ4n) is 4.19. The molecule has 2 fully saturated rings. The van der Waals surface area contributed by atoms with E-state index in [0.717, 1.165) is 47.7 Å². The Morgan fingerprint density at radius 2 is 2.09 bits per heavy atom. The fourth-order valence-corrected chi connectivity index (χ4v) is 4.19. The summed E-state index contributed by atoms with van der Waals surface area (Å²) in [5.41, 5.74) is 8.25. The summed E-state index contributed by atoms with van der Waals surface area (Å²) in [7, 11) is 1.65. The number of aromatic nitrogens is 2. The topological polar surface area (TPSA) is 127 Å². The Hall–Kier alpha value is -3.28. The predicted molar refractivity (Wildman–Crippen MR) is 111 cm³/mol. The van der Waals surface area contributed by atoms with Crippen LogP contribution in [0.5, 0.6) is 5.75 Å². The van der Waals surface area contributed by atoms with E-state index in [1.54, 1.807) is 7.11 Å². The van der Waals surface area contributed by atoms with E-state index in [-0.39, 0.29) is 5.95 Å². The third-order valence-corrected chi connectivity index (χ3v) is 5.66. The van der Waals surface area contributed by atoms with E-state index in [2.05, 4.69) is 20.2 Å². The molecule has 4 N–H and O–H groups in total. The van der Waals surface area contributed by atoms with Crippen LogP contribution in [0.1, 0.15) is 12.8 Å². The number of alkyl halides is 3. The highest BCUT2D eigenvalue weighted by molar-refractivity contribution is 6.06. The first-order valence-corrected chi connectivity index (χ1v) is 9.99. The Morgan fingerprint density at radius 3 is 2.75 bits per heavy atom. The lowest BCUT2D eigenvalue weighted by atomic mass is 9.94. The number of rotatable bonds is 2. The molecule has 2 aromatic heterocycles. The van der Waals surface area contributed by atoms with Crippen LogP contribution in [0.15, 0.2) is 22.6 Å². The molecule has 9 nitrogen and oxygen atoms in total. The van der Waals surface area contributed by atoms with Gasteiger partial charge in [-0.25, -0.2) is 9.78 Å². The summed E-state index contributed by atoms with van der Waals surface area (Å²) in [6, 6.07) is 6.24. The average molecular weight is 453 g/mol. The Bertz CT molecular complexity index is 1140. The van der Waals surface area contributed by atoms with Crippen molar-refractivity contribution in [1.29, 1.82) is 0 Å². The second-order valence-corrected chi connectivity index (χ2v) is 7.72. The maximum absolute atomic E-state index is 10.6. The van der Waals surface area contributed by atoms with Gasteiger partial charge in [-0.15, -0.1) is 0 Å². The minimum Gasteiger partial charge on any atom is -0.497 e. The number of piperidine rings is 1. The first kappa shape index (κ1) is 21.9. The molecular weight excluding hydrogens is 431 g/mol. The molecule has 1 aromatic carbocycles. The van der Waals surface area contributed by atoms with Gasteiger partial charge in [-0.1, -0.05) is 0 Å². The van der Waals surface area contributed by atoms with Gasteiger partial charge in [0, 0.05) is 19.1 Å². The fraction of sp³-hybridized carbons (Fsp3) is 0.450. The maximum atomic E-state index is 10.6. The van der Waals surface area contributed by atoms with Gasteiger partial charge in [0.1, 0.15) is 16.8 Å². The van der Waals surface area contributed by atoms with Crippen LogP contribution in [-0.2, 0) is 4.79 Å². The largest absolute Gasteiger partial charge is 0.497 e. The number of furan rings is 1. The molecule has 0 amide bonds. The number of nitrogen functional groups attached to an aromatic ring is 1. The van der Waals surface area contributed by atoms with Gasteiger partial charge in [0.05, 0.1) is 12.5 Å². The van der Waals surface area contributed by atoms with E-state index >= 15 is 0 Å². The lowest BCUT2D eigenvalue weighted by Crippen LogP contribution is -2.40. The number of hydrogen-bond acceptors (Lipinski definition) is 8. The lowest BCUT2D eigenvalue weighted by Gasteiger charge is -2.24. The molecule has 0 spiro atoms. The normalized spacial score (nSPS) is 20.7. The first-order valence-electron chi connectivity index (χ1n) is 9.99. The standard InChI is InChI=1S/C18H21N5O2.C2HF3O2/c1-24-11-4-5-14-12(7-11)15-16(25-14)17(22-18(19)21-15)23-8-10-3-2-6-20-13(10)9-23;3-2(4,5)1(6)7/h4-5,7,10,13,20H,2-3,6,8-9H2,1H3,(H2,19,21,22);(H,6,7)/t10-,13+;/m0./s1. The number of carboxylic acids is 1. The Labute approximate surface area is 180 Å². The molecule has 2 atom stereocenters. The molecule has 0 bridgehead atoms. The highest BCUT2D eigenvalue weighted by atomic mass is 19.4. The van der Waals surface area contributed by atoms with Crippen molar-refractivity contribution in [2.45, 2.75) is 25.1 Å². The molecule has 0 saturated carbocycles. The number of benzene rings is 1. The summed E-state index contributed by atoms with van der Waals surface area (Å²) in [5, 5.41) is 11.6. The number of nitrogens with one attached hydrogen (secondary N) is 1. The van der Waals surface area contributed by atoms with E-state index in [1.807, 2.05) is 18.2 Å². The molecule has 172 valence electrons. The highest BCUT2D eigenvalue weighted by Gasteiger charge is 2.38. The zero-order valence-electron chi connectivity index (χ0n) is 17.1. The Kier molecular flexibility index (Phi) is 5.71. The zero-order valence-corrected chi connectivity index (χ0v) is 17.1. The number of methoxy groups -OCH3 is 1. The number of nitrogens with zero attached hydrogens (tertiary/aromatic N) is 3. The van der Waals surface area contributed by atoms with Gasteiger partial charge in [-0.05, 0) is 43.5 Å². The van der Waals surface area contributed by atoms with Crippen LogP contribution < -0.4 is 20.7 Å². The molecule has 4 heterocycles. The molecule has 0 radical (unpaired) electrons. The van der Waals surface area contributed by atoms with Gasteiger partial charge >= 0.3 is 12.1 Å². The Morgan fingerprint density at radius 1 is 1.34 bits per heavy atom. The van der Waals surface area contributed by atoms with Crippen LogP contribution >= 0.6 is 0 Å². The monoisotopic (exact) mass is 453 g/mol. The third kappa shape index (κ3) is 4.22. The first-order chi connectivity index (χ1) is 15.2. The molecule has 2 aliphatic rings. The molecule has 2 aliphatic heterocycles. The summed E-state index contributed by atoms with van der Waals surface area (Å²) in [5.74, 6) is -0.257. The van der Waals surface area contributed by atoms with E-state index < -0.39 is 12.1 Å². The van der Waals surface area contributed by atoms with Crippen molar-refractivity contribution in [3.8, 4) is 5.75 Å². The SMILES string of the molecule is COc1ccc2oc3c(N4C[C@@H]5CCCN[C@@H]5C4)nc(N)nc3c2c1.O=C(O)C(F)(F)F. The minimum atomic E-state index is -5.08.